The lowest BCUT2D eigenvalue weighted by Crippen LogP contribution is -2.39. The number of benzene rings is 1. The second-order valence-electron chi connectivity index (χ2n) is 9.27. The van der Waals surface area contributed by atoms with Crippen LogP contribution in [0.5, 0.6) is 5.75 Å². The molecule has 7 nitrogen and oxygen atoms in total. The zero-order valence-electron chi connectivity index (χ0n) is 20.8. The molecule has 0 radical (unpaired) electrons. The number of rotatable bonds is 8. The Kier molecular flexibility index (Phi) is 10.8. The standard InChI is InChI=1S/C15H24O2.C11H12O4.CH4O/c1-11(2)7-8-13-14(3,17-13)12-6-4-5-9-15(12)10-16-15;12-7-8-15-10-4-1-9(2-5-10)3-6-11(13)14;1-2/h7,12-13H,4-6,8-10H2,1-3H3;1-6,12H,7-8H2,(H,13,14);2H,1H3/b;6-3+;. The van der Waals surface area contributed by atoms with Gasteiger partial charge in [-0.1, -0.05) is 36.6 Å². The van der Waals surface area contributed by atoms with Gasteiger partial charge in [0.15, 0.2) is 0 Å². The molecule has 1 spiro atoms. The molecule has 3 fully saturated rings. The van der Waals surface area contributed by atoms with Crippen molar-refractivity contribution < 1.29 is 34.3 Å². The molecule has 3 N–H and O–H groups in total. The van der Waals surface area contributed by atoms with Crippen LogP contribution >= 0.6 is 0 Å². The number of aliphatic carboxylic acids is 1. The van der Waals surface area contributed by atoms with E-state index in [-0.39, 0.29) is 24.4 Å². The lowest BCUT2D eigenvalue weighted by molar-refractivity contribution is -0.131. The molecular weight excluding hydrogens is 436 g/mol. The zero-order chi connectivity index (χ0) is 25.2. The molecule has 7 heteroatoms. The maximum Gasteiger partial charge on any atom is 0.328 e. The molecule has 1 aliphatic carbocycles. The van der Waals surface area contributed by atoms with Crippen molar-refractivity contribution in [1.82, 2.24) is 0 Å². The summed E-state index contributed by atoms with van der Waals surface area (Å²) < 4.78 is 17.0. The molecule has 2 saturated heterocycles. The van der Waals surface area contributed by atoms with Crippen LogP contribution in [0.4, 0.5) is 0 Å². The van der Waals surface area contributed by atoms with E-state index < -0.39 is 5.97 Å². The normalized spacial score (nSPS) is 28.8. The Labute approximate surface area is 203 Å². The van der Waals surface area contributed by atoms with Gasteiger partial charge in [0.2, 0.25) is 0 Å². The van der Waals surface area contributed by atoms with Gasteiger partial charge in [-0.05, 0) is 63.8 Å². The summed E-state index contributed by atoms with van der Waals surface area (Å²) in [6.45, 7) is 7.82. The Morgan fingerprint density at radius 2 is 1.88 bits per heavy atom. The highest BCUT2D eigenvalue weighted by atomic mass is 16.6. The smallest absolute Gasteiger partial charge is 0.328 e. The van der Waals surface area contributed by atoms with E-state index in [1.165, 1.54) is 37.3 Å². The predicted octanol–water partition coefficient (Wildman–Crippen LogP) is 4.22. The average molecular weight is 477 g/mol. The van der Waals surface area contributed by atoms with Gasteiger partial charge in [-0.2, -0.15) is 0 Å². The average Bonchev–Trinajstić information content (AvgIpc) is 3.75. The molecular formula is C27H40O7. The first-order chi connectivity index (χ1) is 16.3. The topological polar surface area (TPSA) is 112 Å². The van der Waals surface area contributed by atoms with Crippen molar-refractivity contribution in [3.8, 4) is 5.75 Å². The summed E-state index contributed by atoms with van der Waals surface area (Å²) in [5, 5.41) is 23.9. The van der Waals surface area contributed by atoms with Gasteiger partial charge in [0.25, 0.3) is 0 Å². The van der Waals surface area contributed by atoms with E-state index in [0.29, 0.717) is 17.8 Å². The van der Waals surface area contributed by atoms with E-state index in [4.69, 9.17) is 29.5 Å². The number of carboxylic acid groups (broad SMARTS) is 1. The number of hydrogen-bond acceptors (Lipinski definition) is 6. The zero-order valence-corrected chi connectivity index (χ0v) is 20.8. The number of hydrogen-bond donors (Lipinski definition) is 3. The molecule has 0 aromatic heterocycles. The first-order valence-electron chi connectivity index (χ1n) is 11.9. The Morgan fingerprint density at radius 1 is 1.21 bits per heavy atom. The van der Waals surface area contributed by atoms with Gasteiger partial charge < -0.3 is 29.5 Å². The van der Waals surface area contributed by atoms with Crippen LogP contribution in [0.2, 0.25) is 0 Å². The summed E-state index contributed by atoms with van der Waals surface area (Å²) >= 11 is 0. The molecule has 1 saturated carbocycles. The van der Waals surface area contributed by atoms with E-state index in [9.17, 15) is 4.79 Å². The van der Waals surface area contributed by atoms with E-state index in [2.05, 4.69) is 26.8 Å². The van der Waals surface area contributed by atoms with E-state index in [1.54, 1.807) is 24.3 Å². The van der Waals surface area contributed by atoms with Crippen molar-refractivity contribution in [1.29, 1.82) is 0 Å². The lowest BCUT2D eigenvalue weighted by Gasteiger charge is -2.32. The highest BCUT2D eigenvalue weighted by molar-refractivity contribution is 5.85. The molecule has 4 unspecified atom stereocenters. The third-order valence-corrected chi connectivity index (χ3v) is 6.56. The fraction of sp³-hybridized carbons (Fsp3) is 0.593. The summed E-state index contributed by atoms with van der Waals surface area (Å²) in [6.07, 6.45) is 11.6. The summed E-state index contributed by atoms with van der Waals surface area (Å²) in [5.41, 5.74) is 2.49. The second kappa shape index (κ2) is 13.0. The number of aliphatic hydroxyl groups excluding tert-OH is 2. The highest BCUT2D eigenvalue weighted by Crippen LogP contribution is 2.58. The third-order valence-electron chi connectivity index (χ3n) is 6.56. The predicted molar refractivity (Wildman–Crippen MR) is 132 cm³/mol. The largest absolute Gasteiger partial charge is 0.491 e. The number of allylic oxidation sites excluding steroid dienone is 1. The van der Waals surface area contributed by atoms with Crippen LogP contribution in [-0.4, -0.2) is 65.5 Å². The quantitative estimate of drug-likeness (QED) is 0.292. The van der Waals surface area contributed by atoms with Gasteiger partial charge in [0, 0.05) is 19.1 Å². The van der Waals surface area contributed by atoms with Crippen molar-refractivity contribution in [3.63, 3.8) is 0 Å². The molecule has 1 aromatic carbocycles. The highest BCUT2D eigenvalue weighted by Gasteiger charge is 2.67. The van der Waals surface area contributed by atoms with Gasteiger partial charge in [-0.3, -0.25) is 0 Å². The van der Waals surface area contributed by atoms with Gasteiger partial charge in [-0.15, -0.1) is 0 Å². The van der Waals surface area contributed by atoms with Gasteiger partial charge in [-0.25, -0.2) is 4.79 Å². The number of carbonyl (C=O) groups is 1. The molecule has 4 rings (SSSR count). The van der Waals surface area contributed by atoms with Crippen LogP contribution in [0.1, 0.15) is 58.4 Å². The maximum atomic E-state index is 10.2. The number of epoxide rings is 2. The monoisotopic (exact) mass is 476 g/mol. The summed E-state index contributed by atoms with van der Waals surface area (Å²) in [6, 6.07) is 6.92. The Balaban J connectivity index is 0.000000226. The van der Waals surface area contributed by atoms with Crippen molar-refractivity contribution in [2.24, 2.45) is 5.92 Å². The number of aliphatic hydroxyl groups is 2. The van der Waals surface area contributed by atoms with E-state index in [0.717, 1.165) is 31.8 Å². The van der Waals surface area contributed by atoms with E-state index in [1.807, 2.05) is 0 Å². The van der Waals surface area contributed by atoms with Crippen molar-refractivity contribution in [2.45, 2.75) is 70.2 Å². The first kappa shape index (κ1) is 28.1. The fourth-order valence-electron chi connectivity index (χ4n) is 4.67. The van der Waals surface area contributed by atoms with Crippen molar-refractivity contribution in [2.75, 3.05) is 26.9 Å². The number of ether oxygens (including phenoxy) is 3. The molecule has 4 atom stereocenters. The molecule has 34 heavy (non-hydrogen) atoms. The Hall–Kier alpha value is -2.19. The summed E-state index contributed by atoms with van der Waals surface area (Å²) in [7, 11) is 1.00. The minimum absolute atomic E-state index is 0.0271. The second-order valence-corrected chi connectivity index (χ2v) is 9.27. The third kappa shape index (κ3) is 7.94. The minimum Gasteiger partial charge on any atom is -0.491 e. The fourth-order valence-corrected chi connectivity index (χ4v) is 4.67. The summed E-state index contributed by atoms with van der Waals surface area (Å²) in [4.78, 5) is 10.2. The SMILES string of the molecule is CC(C)=CCC1OC1(C)C1CCCCC12CO2.CO.O=C(O)/C=C/c1ccc(OCCO)cc1. The molecule has 190 valence electrons. The van der Waals surface area contributed by atoms with Crippen molar-refractivity contribution >= 4 is 12.0 Å². The van der Waals surface area contributed by atoms with Crippen LogP contribution in [0.3, 0.4) is 0 Å². The van der Waals surface area contributed by atoms with Gasteiger partial charge in [0.05, 0.1) is 30.5 Å². The van der Waals surface area contributed by atoms with Crippen molar-refractivity contribution in [3.05, 3.63) is 47.6 Å². The van der Waals surface area contributed by atoms with Gasteiger partial charge in [0.1, 0.15) is 12.4 Å². The molecule has 3 aliphatic rings. The Bertz CT molecular complexity index is 822. The van der Waals surface area contributed by atoms with E-state index >= 15 is 0 Å². The lowest BCUT2D eigenvalue weighted by atomic mass is 9.71. The van der Waals surface area contributed by atoms with Crippen LogP contribution in [0, 0.1) is 5.92 Å². The summed E-state index contributed by atoms with van der Waals surface area (Å²) in [5.74, 6) is 0.312. The molecule has 0 bridgehead atoms. The van der Waals surface area contributed by atoms with Gasteiger partial charge >= 0.3 is 5.97 Å². The van der Waals surface area contributed by atoms with Crippen LogP contribution in [-0.2, 0) is 14.3 Å². The Morgan fingerprint density at radius 3 is 2.44 bits per heavy atom. The molecule has 2 aliphatic heterocycles. The first-order valence-corrected chi connectivity index (χ1v) is 11.9. The molecule has 0 amide bonds. The van der Waals surface area contributed by atoms with Crippen LogP contribution in [0.15, 0.2) is 42.0 Å². The molecule has 1 aromatic rings. The van der Waals surface area contributed by atoms with Crippen LogP contribution < -0.4 is 4.74 Å². The minimum atomic E-state index is -0.976. The van der Waals surface area contributed by atoms with Crippen LogP contribution in [0.25, 0.3) is 6.08 Å². The maximum absolute atomic E-state index is 10.2. The number of carboxylic acids is 1. The molecule has 2 heterocycles.